The minimum atomic E-state index is -0.399. The van der Waals surface area contributed by atoms with Gasteiger partial charge in [0.1, 0.15) is 13.5 Å². The highest BCUT2D eigenvalue weighted by molar-refractivity contribution is 6.45. The van der Waals surface area contributed by atoms with Gasteiger partial charge in [0.25, 0.3) is 5.56 Å². The second-order valence-electron chi connectivity index (χ2n) is 7.10. The van der Waals surface area contributed by atoms with Crippen LogP contribution >= 0.6 is 11.6 Å². The van der Waals surface area contributed by atoms with Crippen molar-refractivity contribution >= 4 is 35.8 Å². The first-order valence-corrected chi connectivity index (χ1v) is 8.96. The Kier molecular flexibility index (Phi) is 4.33. The molecule has 1 aromatic carbocycles. The molecule has 0 aliphatic carbocycles. The fraction of sp³-hybridized carbons (Fsp3) is 0.500. The molecule has 0 saturated carbocycles. The summed E-state index contributed by atoms with van der Waals surface area (Å²) in [5.74, 6) is 0. The highest BCUT2D eigenvalue weighted by atomic mass is 35.5. The van der Waals surface area contributed by atoms with Gasteiger partial charge in [-0.25, -0.2) is 15.8 Å². The molecule has 2 fully saturated rings. The molecule has 1 aromatic heterocycles. The number of hydrogen-bond acceptors (Lipinski definition) is 6. The number of aromatic nitrogens is 2. The lowest BCUT2D eigenvalue weighted by Gasteiger charge is -2.31. The van der Waals surface area contributed by atoms with Crippen molar-refractivity contribution < 1.29 is 5.11 Å². The summed E-state index contributed by atoms with van der Waals surface area (Å²) >= 11 is 6.17. The average molecular weight is 362 g/mol. The van der Waals surface area contributed by atoms with Crippen LogP contribution in [0.15, 0.2) is 23.3 Å². The monoisotopic (exact) mass is 361 g/mol. The predicted molar refractivity (Wildman–Crippen MR) is 99.8 cm³/mol. The molecule has 3 heterocycles. The standard InChI is InChI=1S/C16H21BClN5O2/c17-10-5-12-9(4-11(10)18)15(25)23(8-20-12)7-16(21-22-16)6-13-14(24)2-1-3-19-13/h4-5,8,13-14,19,21-22,24H,1-3,6-7,17H2/t13-,14+/m1/s1. The van der Waals surface area contributed by atoms with Crippen LogP contribution in [0.4, 0.5) is 0 Å². The van der Waals surface area contributed by atoms with Crippen molar-refractivity contribution in [3.05, 3.63) is 33.8 Å². The number of halogens is 1. The van der Waals surface area contributed by atoms with Crippen molar-refractivity contribution in [2.75, 3.05) is 6.54 Å². The van der Waals surface area contributed by atoms with Crippen LogP contribution in [0.2, 0.25) is 5.02 Å². The molecule has 2 atom stereocenters. The smallest absolute Gasteiger partial charge is 0.261 e. The Morgan fingerprint density at radius 2 is 2.24 bits per heavy atom. The Labute approximate surface area is 151 Å². The molecule has 0 unspecified atom stereocenters. The number of fused-ring (bicyclic) bond motifs is 1. The Balaban J connectivity index is 1.59. The van der Waals surface area contributed by atoms with Gasteiger partial charge in [0.05, 0.1) is 29.9 Å². The maximum atomic E-state index is 12.8. The Bertz CT molecular complexity index is 869. The molecule has 132 valence electrons. The van der Waals surface area contributed by atoms with Gasteiger partial charge >= 0.3 is 0 Å². The van der Waals surface area contributed by atoms with Crippen LogP contribution in [0.3, 0.4) is 0 Å². The summed E-state index contributed by atoms with van der Waals surface area (Å²) in [6, 6.07) is 3.53. The molecule has 0 amide bonds. The fourth-order valence-corrected chi connectivity index (χ4v) is 3.70. The summed E-state index contributed by atoms with van der Waals surface area (Å²) < 4.78 is 1.59. The maximum Gasteiger partial charge on any atom is 0.261 e. The summed E-state index contributed by atoms with van der Waals surface area (Å²) in [5, 5.41) is 14.6. The van der Waals surface area contributed by atoms with Gasteiger partial charge in [0.15, 0.2) is 0 Å². The number of nitrogens with one attached hydrogen (secondary N) is 3. The van der Waals surface area contributed by atoms with E-state index in [0.717, 1.165) is 24.8 Å². The molecular weight excluding hydrogens is 340 g/mol. The van der Waals surface area contributed by atoms with Crippen LogP contribution in [0.5, 0.6) is 0 Å². The van der Waals surface area contributed by atoms with Gasteiger partial charge in [-0.3, -0.25) is 9.36 Å². The van der Waals surface area contributed by atoms with E-state index in [0.29, 0.717) is 28.9 Å². The van der Waals surface area contributed by atoms with E-state index >= 15 is 0 Å². The molecule has 2 aliphatic rings. The largest absolute Gasteiger partial charge is 0.392 e. The van der Waals surface area contributed by atoms with Gasteiger partial charge < -0.3 is 10.4 Å². The Hall–Kier alpha value is -1.45. The topological polar surface area (TPSA) is 111 Å². The fourth-order valence-electron chi connectivity index (χ4n) is 3.54. The molecule has 7 nitrogen and oxygen atoms in total. The van der Waals surface area contributed by atoms with Crippen LogP contribution in [0.25, 0.3) is 10.9 Å². The number of rotatable bonds is 4. The molecule has 9 heteroatoms. The normalized spacial score (nSPS) is 25.2. The van der Waals surface area contributed by atoms with Crippen molar-refractivity contribution in [2.45, 2.75) is 43.6 Å². The van der Waals surface area contributed by atoms with Gasteiger partial charge in [0, 0.05) is 17.5 Å². The van der Waals surface area contributed by atoms with Crippen molar-refractivity contribution in [3.8, 4) is 0 Å². The van der Waals surface area contributed by atoms with E-state index in [1.54, 1.807) is 17.0 Å². The quantitative estimate of drug-likeness (QED) is 0.394. The number of piperidine rings is 1. The molecule has 2 aromatic rings. The van der Waals surface area contributed by atoms with Crippen LogP contribution in [0.1, 0.15) is 19.3 Å². The van der Waals surface area contributed by atoms with E-state index in [1.807, 2.05) is 13.9 Å². The second-order valence-corrected chi connectivity index (χ2v) is 7.51. The van der Waals surface area contributed by atoms with Gasteiger partial charge in [-0.15, -0.1) is 0 Å². The van der Waals surface area contributed by atoms with Crippen LogP contribution < -0.4 is 27.2 Å². The first-order chi connectivity index (χ1) is 12.0. The van der Waals surface area contributed by atoms with E-state index in [2.05, 4.69) is 21.2 Å². The van der Waals surface area contributed by atoms with E-state index in [9.17, 15) is 9.90 Å². The molecule has 4 rings (SSSR count). The maximum absolute atomic E-state index is 12.8. The highest BCUT2D eigenvalue weighted by Gasteiger charge is 2.45. The lowest BCUT2D eigenvalue weighted by Crippen LogP contribution is -2.49. The minimum Gasteiger partial charge on any atom is -0.392 e. The lowest BCUT2D eigenvalue weighted by atomic mass is 9.93. The van der Waals surface area contributed by atoms with Gasteiger partial charge in [-0.2, -0.15) is 0 Å². The number of nitrogens with zero attached hydrogens (tertiary/aromatic N) is 2. The first kappa shape index (κ1) is 17.0. The summed E-state index contributed by atoms with van der Waals surface area (Å²) in [6.45, 7) is 1.35. The Morgan fingerprint density at radius 1 is 1.44 bits per heavy atom. The minimum absolute atomic E-state index is 0.0115. The number of aliphatic hydroxyl groups excluding tert-OH is 1. The third kappa shape index (κ3) is 3.32. The predicted octanol–water partition coefficient (Wildman–Crippen LogP) is -1.38. The summed E-state index contributed by atoms with van der Waals surface area (Å²) in [7, 11) is 1.89. The molecule has 2 saturated heterocycles. The van der Waals surface area contributed by atoms with Crippen molar-refractivity contribution in [3.63, 3.8) is 0 Å². The van der Waals surface area contributed by atoms with Crippen molar-refractivity contribution in [2.24, 2.45) is 0 Å². The van der Waals surface area contributed by atoms with Gasteiger partial charge in [-0.1, -0.05) is 17.1 Å². The number of benzene rings is 1. The van der Waals surface area contributed by atoms with Crippen LogP contribution in [0, 0.1) is 0 Å². The molecule has 0 spiro atoms. The van der Waals surface area contributed by atoms with E-state index in [1.165, 1.54) is 0 Å². The molecule has 2 aliphatic heterocycles. The molecule has 4 N–H and O–H groups in total. The summed E-state index contributed by atoms with van der Waals surface area (Å²) in [4.78, 5) is 17.2. The Morgan fingerprint density at radius 3 is 2.96 bits per heavy atom. The zero-order valence-corrected chi connectivity index (χ0v) is 14.8. The molecule has 0 bridgehead atoms. The van der Waals surface area contributed by atoms with Gasteiger partial charge in [-0.05, 0) is 31.5 Å². The van der Waals surface area contributed by atoms with Crippen LogP contribution in [-0.2, 0) is 6.54 Å². The number of aliphatic hydroxyl groups is 1. The van der Waals surface area contributed by atoms with E-state index in [-0.39, 0.29) is 17.7 Å². The SMILES string of the molecule is Bc1cc2ncn(CC3(C[C@H]4NCCC[C@@H]4O)NN3)c(=O)c2cc1Cl. The number of hydrogen-bond donors (Lipinski definition) is 4. The van der Waals surface area contributed by atoms with Crippen molar-refractivity contribution in [1.29, 1.82) is 0 Å². The summed E-state index contributed by atoms with van der Waals surface area (Å²) in [5.41, 5.74) is 7.33. The third-order valence-corrected chi connectivity index (χ3v) is 5.55. The zero-order valence-electron chi connectivity index (χ0n) is 14.1. The first-order valence-electron chi connectivity index (χ1n) is 8.59. The molecule has 25 heavy (non-hydrogen) atoms. The van der Waals surface area contributed by atoms with E-state index in [4.69, 9.17) is 11.6 Å². The number of hydrazine groups is 1. The van der Waals surface area contributed by atoms with Crippen molar-refractivity contribution in [1.82, 2.24) is 25.7 Å². The molecule has 0 radical (unpaired) electrons. The summed E-state index contributed by atoms with van der Waals surface area (Å²) in [6.07, 6.45) is 3.70. The highest BCUT2D eigenvalue weighted by Crippen LogP contribution is 2.24. The molecular formula is C16H21BClN5O2. The van der Waals surface area contributed by atoms with E-state index < -0.39 is 5.66 Å². The third-order valence-electron chi connectivity index (χ3n) is 5.14. The average Bonchev–Trinajstić information content (AvgIpc) is 3.34. The lowest BCUT2D eigenvalue weighted by molar-refractivity contribution is 0.0851. The second kappa shape index (κ2) is 6.37. The van der Waals surface area contributed by atoms with Gasteiger partial charge in [0.2, 0.25) is 0 Å². The van der Waals surface area contributed by atoms with Crippen LogP contribution in [-0.4, -0.2) is 46.9 Å². The zero-order chi connectivity index (χ0) is 17.6.